The first-order chi connectivity index (χ1) is 14.7. The highest BCUT2D eigenvalue weighted by Crippen LogP contribution is 2.30. The van der Waals surface area contributed by atoms with Crippen LogP contribution in [0.5, 0.6) is 0 Å². The summed E-state index contributed by atoms with van der Waals surface area (Å²) in [4.78, 5) is 4.37. The van der Waals surface area contributed by atoms with Crippen LogP contribution in [0.3, 0.4) is 0 Å². The number of allylic oxidation sites excluding steroid dienone is 1. The van der Waals surface area contributed by atoms with E-state index in [0.29, 0.717) is 5.92 Å². The summed E-state index contributed by atoms with van der Waals surface area (Å²) >= 11 is 0. The van der Waals surface area contributed by atoms with Crippen LogP contribution in [0.1, 0.15) is 45.8 Å². The molecule has 150 valence electrons. The smallest absolute Gasteiger partial charge is 0.0953 e. The van der Waals surface area contributed by atoms with Crippen molar-refractivity contribution in [2.24, 2.45) is 0 Å². The third kappa shape index (κ3) is 4.96. The van der Waals surface area contributed by atoms with Crippen LogP contribution in [-0.2, 0) is 6.54 Å². The fourth-order valence-electron chi connectivity index (χ4n) is 4.07. The molecule has 3 aromatic carbocycles. The summed E-state index contributed by atoms with van der Waals surface area (Å²) in [6, 6.07) is 28.2. The highest BCUT2D eigenvalue weighted by Gasteiger charge is 2.13. The van der Waals surface area contributed by atoms with Crippen LogP contribution in [0.2, 0.25) is 0 Å². The number of hydrogen-bond donors (Lipinski definition) is 0. The molecule has 2 nitrogen and oxygen atoms in total. The normalized spacial score (nSPS) is 12.3. The third-order valence-corrected chi connectivity index (χ3v) is 5.45. The summed E-state index contributed by atoms with van der Waals surface area (Å²) in [6.07, 6.45) is 9.28. The van der Waals surface area contributed by atoms with Gasteiger partial charge in [0, 0.05) is 12.5 Å². The summed E-state index contributed by atoms with van der Waals surface area (Å²) in [6.45, 7) is 5.19. The van der Waals surface area contributed by atoms with Gasteiger partial charge >= 0.3 is 0 Å². The van der Waals surface area contributed by atoms with E-state index in [9.17, 15) is 0 Å². The largest absolute Gasteiger partial charge is 0.327 e. The van der Waals surface area contributed by atoms with E-state index >= 15 is 0 Å². The second kappa shape index (κ2) is 9.41. The lowest BCUT2D eigenvalue weighted by atomic mass is 9.87. The van der Waals surface area contributed by atoms with Crippen LogP contribution in [0.25, 0.3) is 6.08 Å². The predicted octanol–water partition coefficient (Wildman–Crippen LogP) is 6.78. The van der Waals surface area contributed by atoms with Gasteiger partial charge in [0.25, 0.3) is 0 Å². The van der Waals surface area contributed by atoms with Gasteiger partial charge in [-0.2, -0.15) is 0 Å². The SMILES string of the molecule is Cc1cc(C)cc(C(C/C=C/c2cncn2Cc2ccccc2)c2ccccc2)c1. The van der Waals surface area contributed by atoms with Gasteiger partial charge in [-0.25, -0.2) is 4.98 Å². The minimum atomic E-state index is 0.339. The molecule has 1 unspecified atom stereocenters. The molecular formula is C28H28N2. The van der Waals surface area contributed by atoms with Gasteiger partial charge in [-0.05, 0) is 43.0 Å². The Balaban J connectivity index is 1.56. The number of aromatic nitrogens is 2. The summed E-state index contributed by atoms with van der Waals surface area (Å²) in [7, 11) is 0. The molecule has 1 aromatic heterocycles. The van der Waals surface area contributed by atoms with Gasteiger partial charge in [0.05, 0.1) is 18.2 Å². The zero-order chi connectivity index (χ0) is 20.8. The number of imidazole rings is 1. The van der Waals surface area contributed by atoms with Gasteiger partial charge < -0.3 is 4.57 Å². The first-order valence-electron chi connectivity index (χ1n) is 10.5. The number of aryl methyl sites for hydroxylation is 2. The topological polar surface area (TPSA) is 17.8 Å². The molecule has 0 saturated carbocycles. The molecular weight excluding hydrogens is 364 g/mol. The van der Waals surface area contributed by atoms with Gasteiger partial charge in [-0.15, -0.1) is 0 Å². The Morgan fingerprint density at radius 3 is 2.20 bits per heavy atom. The van der Waals surface area contributed by atoms with Crippen molar-refractivity contribution in [3.63, 3.8) is 0 Å². The molecule has 1 atom stereocenters. The lowest BCUT2D eigenvalue weighted by molar-refractivity contribution is 0.787. The van der Waals surface area contributed by atoms with Gasteiger partial charge in [0.1, 0.15) is 0 Å². The molecule has 0 radical (unpaired) electrons. The van der Waals surface area contributed by atoms with Crippen molar-refractivity contribution in [1.82, 2.24) is 9.55 Å². The highest BCUT2D eigenvalue weighted by atomic mass is 15.0. The van der Waals surface area contributed by atoms with E-state index in [4.69, 9.17) is 0 Å². The highest BCUT2D eigenvalue weighted by molar-refractivity contribution is 5.46. The van der Waals surface area contributed by atoms with Crippen molar-refractivity contribution < 1.29 is 0 Å². The predicted molar refractivity (Wildman–Crippen MR) is 126 cm³/mol. The van der Waals surface area contributed by atoms with E-state index in [-0.39, 0.29) is 0 Å². The molecule has 0 saturated heterocycles. The molecule has 4 aromatic rings. The Bertz CT molecular complexity index is 1090. The van der Waals surface area contributed by atoms with Crippen molar-refractivity contribution in [3.05, 3.63) is 131 Å². The summed E-state index contributed by atoms with van der Waals surface area (Å²) in [5.41, 5.74) is 7.77. The maximum absolute atomic E-state index is 4.37. The Morgan fingerprint density at radius 1 is 0.833 bits per heavy atom. The van der Waals surface area contributed by atoms with E-state index in [2.05, 4.69) is 114 Å². The molecule has 2 heteroatoms. The second-order valence-electron chi connectivity index (χ2n) is 7.95. The number of rotatable bonds is 7. The first-order valence-corrected chi connectivity index (χ1v) is 10.5. The molecule has 0 bridgehead atoms. The summed E-state index contributed by atoms with van der Waals surface area (Å²) < 4.78 is 2.19. The third-order valence-electron chi connectivity index (χ3n) is 5.45. The van der Waals surface area contributed by atoms with E-state index in [1.807, 2.05) is 12.5 Å². The van der Waals surface area contributed by atoms with Gasteiger partial charge in [-0.1, -0.05) is 96.1 Å². The average molecular weight is 393 g/mol. The Morgan fingerprint density at radius 2 is 1.50 bits per heavy atom. The van der Waals surface area contributed by atoms with Crippen LogP contribution >= 0.6 is 0 Å². The molecule has 0 amide bonds. The van der Waals surface area contributed by atoms with Crippen LogP contribution in [0.4, 0.5) is 0 Å². The Kier molecular flexibility index (Phi) is 6.24. The van der Waals surface area contributed by atoms with Crippen LogP contribution in [-0.4, -0.2) is 9.55 Å². The zero-order valence-electron chi connectivity index (χ0n) is 17.7. The molecule has 0 aliphatic carbocycles. The average Bonchev–Trinajstić information content (AvgIpc) is 3.18. The lowest BCUT2D eigenvalue weighted by Crippen LogP contribution is -2.02. The second-order valence-corrected chi connectivity index (χ2v) is 7.95. The molecule has 0 aliphatic rings. The first kappa shape index (κ1) is 19.9. The quantitative estimate of drug-likeness (QED) is 0.339. The molecule has 0 spiro atoms. The monoisotopic (exact) mass is 392 g/mol. The van der Waals surface area contributed by atoms with Crippen LogP contribution < -0.4 is 0 Å². The molecule has 0 aliphatic heterocycles. The summed E-state index contributed by atoms with van der Waals surface area (Å²) in [5, 5.41) is 0. The van der Waals surface area contributed by atoms with Gasteiger partial charge in [0.2, 0.25) is 0 Å². The minimum Gasteiger partial charge on any atom is -0.327 e. The van der Waals surface area contributed by atoms with Gasteiger partial charge in [-0.3, -0.25) is 0 Å². The fourth-order valence-corrected chi connectivity index (χ4v) is 4.07. The van der Waals surface area contributed by atoms with Crippen LogP contribution in [0.15, 0.2) is 97.5 Å². The lowest BCUT2D eigenvalue weighted by Gasteiger charge is -2.18. The Labute approximate surface area is 179 Å². The molecule has 1 heterocycles. The van der Waals surface area contributed by atoms with Crippen molar-refractivity contribution in [2.75, 3.05) is 0 Å². The Hall–Kier alpha value is -3.39. The van der Waals surface area contributed by atoms with Crippen molar-refractivity contribution >= 4 is 6.08 Å². The number of benzene rings is 3. The summed E-state index contributed by atoms with van der Waals surface area (Å²) in [5.74, 6) is 0.339. The maximum atomic E-state index is 4.37. The zero-order valence-corrected chi connectivity index (χ0v) is 17.7. The van der Waals surface area contributed by atoms with Gasteiger partial charge in [0.15, 0.2) is 0 Å². The van der Waals surface area contributed by atoms with E-state index in [1.54, 1.807) is 0 Å². The molecule has 30 heavy (non-hydrogen) atoms. The molecule has 4 rings (SSSR count). The molecule has 0 fully saturated rings. The van der Waals surface area contributed by atoms with Crippen LogP contribution in [0, 0.1) is 13.8 Å². The number of hydrogen-bond acceptors (Lipinski definition) is 1. The standard InChI is InChI=1S/C28H28N2/c1-22-16-23(2)18-26(17-22)28(25-12-7-4-8-13-25)15-9-14-27-19-29-21-30(27)20-24-10-5-3-6-11-24/h3-14,16-19,21,28H,15,20H2,1-2H3/b14-9+. The minimum absolute atomic E-state index is 0.339. The fraction of sp³-hybridized carbons (Fsp3) is 0.179. The van der Waals surface area contributed by atoms with Crippen molar-refractivity contribution in [3.8, 4) is 0 Å². The van der Waals surface area contributed by atoms with E-state index in [0.717, 1.165) is 18.7 Å². The van der Waals surface area contributed by atoms with E-state index < -0.39 is 0 Å². The molecule has 0 N–H and O–H groups in total. The van der Waals surface area contributed by atoms with Crippen molar-refractivity contribution in [2.45, 2.75) is 32.7 Å². The van der Waals surface area contributed by atoms with Crippen molar-refractivity contribution in [1.29, 1.82) is 0 Å². The van der Waals surface area contributed by atoms with E-state index in [1.165, 1.54) is 27.8 Å². The maximum Gasteiger partial charge on any atom is 0.0953 e. The number of nitrogens with zero attached hydrogens (tertiary/aromatic N) is 2.